The van der Waals surface area contributed by atoms with Gasteiger partial charge < -0.3 is 23.8 Å². The van der Waals surface area contributed by atoms with Crippen LogP contribution in [0, 0.1) is 20.8 Å². The molecule has 0 spiro atoms. The molecule has 2 atom stereocenters. The van der Waals surface area contributed by atoms with Crippen LogP contribution in [0.4, 0.5) is 5.69 Å². The fraction of sp³-hybridized carbons (Fsp3) is 0.310. The number of hydrogen-bond acceptors (Lipinski definition) is 7. The number of benzene rings is 3. The number of carbonyl (C=O) groups is 2. The molecule has 0 bridgehead atoms. The van der Waals surface area contributed by atoms with E-state index in [1.54, 1.807) is 18.7 Å². The van der Waals surface area contributed by atoms with Crippen LogP contribution in [-0.4, -0.2) is 38.6 Å². The quantitative estimate of drug-likeness (QED) is 0.174. The van der Waals surface area contributed by atoms with Gasteiger partial charge in [0.2, 0.25) is 0 Å². The average molecular weight is 629 g/mol. The summed E-state index contributed by atoms with van der Waals surface area (Å²) in [5.74, 6) is -1.38. The van der Waals surface area contributed by atoms with Gasteiger partial charge in [-0.15, -0.1) is 0 Å². The number of halogens is 4. The first kappa shape index (κ1) is 31.7. The highest BCUT2D eigenvalue weighted by Gasteiger charge is 2.32. The fourth-order valence-electron chi connectivity index (χ4n) is 4.30. The summed E-state index contributed by atoms with van der Waals surface area (Å²) in [5.41, 5.74) is 3.55. The summed E-state index contributed by atoms with van der Waals surface area (Å²) in [6.07, 6.45) is -1.90. The van der Waals surface area contributed by atoms with E-state index < -0.39 is 24.4 Å². The van der Waals surface area contributed by atoms with Gasteiger partial charge in [0.15, 0.2) is 24.0 Å². The van der Waals surface area contributed by atoms with E-state index in [1.807, 2.05) is 32.9 Å². The van der Waals surface area contributed by atoms with Gasteiger partial charge in [-0.2, -0.15) is 0 Å². The minimum atomic E-state index is -0.951. The van der Waals surface area contributed by atoms with Crippen molar-refractivity contribution in [3.8, 4) is 11.5 Å². The van der Waals surface area contributed by atoms with Crippen LogP contribution in [0.3, 0.4) is 0 Å². The van der Waals surface area contributed by atoms with Crippen molar-refractivity contribution in [2.24, 2.45) is 0 Å². The van der Waals surface area contributed by atoms with Crippen molar-refractivity contribution < 1.29 is 28.5 Å². The van der Waals surface area contributed by atoms with E-state index in [0.717, 1.165) is 16.7 Å². The highest BCUT2D eigenvalue weighted by molar-refractivity contribution is 6.37. The number of hydrogen-bond donors (Lipinski definition) is 0. The molecule has 3 aromatic rings. The lowest BCUT2D eigenvalue weighted by molar-refractivity contribution is 0.00869. The largest absolute Gasteiger partial charge is 0.494 e. The second kappa shape index (κ2) is 13.2. The van der Waals surface area contributed by atoms with Crippen molar-refractivity contribution in [2.75, 3.05) is 19.1 Å². The van der Waals surface area contributed by atoms with Gasteiger partial charge in [-0.05, 0) is 81.6 Å². The van der Waals surface area contributed by atoms with Crippen molar-refractivity contribution in [1.29, 1.82) is 0 Å². The first-order chi connectivity index (χ1) is 18.8. The van der Waals surface area contributed by atoms with Gasteiger partial charge in [0.1, 0.15) is 11.1 Å². The van der Waals surface area contributed by atoms with Crippen molar-refractivity contribution in [3.63, 3.8) is 0 Å². The monoisotopic (exact) mass is 627 g/mol. The summed E-state index contributed by atoms with van der Waals surface area (Å²) in [4.78, 5) is 28.4. The summed E-state index contributed by atoms with van der Waals surface area (Å²) < 4.78 is 22.3. The van der Waals surface area contributed by atoms with Crippen molar-refractivity contribution >= 4 is 64.0 Å². The molecule has 0 aromatic heterocycles. The lowest BCUT2D eigenvalue weighted by atomic mass is 10.0. The molecule has 0 saturated carbocycles. The van der Waals surface area contributed by atoms with E-state index in [1.165, 1.54) is 38.5 Å². The topological polar surface area (TPSA) is 74.3 Å². The SMILES string of the molecule is COc1c(Cl)ccc(Cl)c1C(=O)OC(C)N(c1cc(C)c(C)cc1C)C(C)OC(=O)c1c(Cl)ccc(Cl)c1OC. The van der Waals surface area contributed by atoms with E-state index in [0.29, 0.717) is 5.69 Å². The summed E-state index contributed by atoms with van der Waals surface area (Å²) in [6.45, 7) is 9.15. The highest BCUT2D eigenvalue weighted by atomic mass is 35.5. The Morgan fingerprint density at radius 1 is 0.650 bits per heavy atom. The third kappa shape index (κ3) is 6.55. The number of anilines is 1. The van der Waals surface area contributed by atoms with Crippen LogP contribution in [0.1, 0.15) is 51.3 Å². The molecule has 0 aliphatic rings. The maximum Gasteiger partial charge on any atom is 0.345 e. The highest BCUT2D eigenvalue weighted by Crippen LogP contribution is 2.37. The summed E-state index contributed by atoms with van der Waals surface area (Å²) in [7, 11) is 2.75. The molecule has 3 rings (SSSR count). The zero-order valence-corrected chi connectivity index (χ0v) is 26.1. The smallest absolute Gasteiger partial charge is 0.345 e. The minimum absolute atomic E-state index is 0.0274. The Bertz CT molecular complexity index is 1370. The lowest BCUT2D eigenvalue weighted by Crippen LogP contribution is -2.45. The number of esters is 2. The van der Waals surface area contributed by atoms with Gasteiger partial charge >= 0.3 is 11.9 Å². The Balaban J connectivity index is 2.04. The number of methoxy groups -OCH3 is 2. The Morgan fingerprint density at radius 3 is 1.43 bits per heavy atom. The Kier molecular flexibility index (Phi) is 10.5. The second-order valence-electron chi connectivity index (χ2n) is 9.01. The van der Waals surface area contributed by atoms with E-state index in [-0.39, 0.29) is 42.7 Å². The zero-order valence-electron chi connectivity index (χ0n) is 23.0. The van der Waals surface area contributed by atoms with E-state index in [2.05, 4.69) is 0 Å². The van der Waals surface area contributed by atoms with Crippen LogP contribution >= 0.6 is 46.4 Å². The van der Waals surface area contributed by atoms with Crippen LogP contribution < -0.4 is 14.4 Å². The maximum absolute atomic E-state index is 13.4. The first-order valence-electron chi connectivity index (χ1n) is 12.1. The lowest BCUT2D eigenvalue weighted by Gasteiger charge is -2.36. The average Bonchev–Trinajstić information content (AvgIpc) is 2.89. The van der Waals surface area contributed by atoms with Crippen molar-refractivity contribution in [2.45, 2.75) is 47.1 Å². The molecule has 7 nitrogen and oxygen atoms in total. The van der Waals surface area contributed by atoms with Gasteiger partial charge in [-0.3, -0.25) is 0 Å². The van der Waals surface area contributed by atoms with Gasteiger partial charge in [-0.1, -0.05) is 52.5 Å². The molecular weight excluding hydrogens is 600 g/mol. The molecule has 0 saturated heterocycles. The molecule has 2 unspecified atom stereocenters. The molecule has 0 heterocycles. The maximum atomic E-state index is 13.4. The van der Waals surface area contributed by atoms with Crippen LogP contribution in [0.25, 0.3) is 0 Å². The minimum Gasteiger partial charge on any atom is -0.494 e. The van der Waals surface area contributed by atoms with Gasteiger partial charge in [0.25, 0.3) is 0 Å². The molecule has 40 heavy (non-hydrogen) atoms. The van der Waals surface area contributed by atoms with Crippen LogP contribution in [-0.2, 0) is 9.47 Å². The predicted molar refractivity (Wildman–Crippen MR) is 159 cm³/mol. The van der Waals surface area contributed by atoms with E-state index in [9.17, 15) is 9.59 Å². The number of nitrogens with zero attached hydrogens (tertiary/aromatic N) is 1. The predicted octanol–water partition coefficient (Wildman–Crippen LogP) is 8.46. The number of carbonyl (C=O) groups excluding carboxylic acids is 2. The molecule has 0 aliphatic heterocycles. The molecule has 0 radical (unpaired) electrons. The molecule has 0 aliphatic carbocycles. The summed E-state index contributed by atoms with van der Waals surface area (Å²) in [5, 5.41) is 0.607. The van der Waals surface area contributed by atoms with Crippen molar-refractivity contribution in [3.05, 3.63) is 84.3 Å². The van der Waals surface area contributed by atoms with E-state index in [4.69, 9.17) is 65.4 Å². The third-order valence-corrected chi connectivity index (χ3v) is 7.59. The van der Waals surface area contributed by atoms with Crippen molar-refractivity contribution in [1.82, 2.24) is 0 Å². The Morgan fingerprint density at radius 2 is 1.02 bits per heavy atom. The van der Waals surface area contributed by atoms with E-state index >= 15 is 0 Å². The van der Waals surface area contributed by atoms with Crippen LogP contribution in [0.5, 0.6) is 11.5 Å². The molecule has 214 valence electrons. The molecule has 0 amide bonds. The number of ether oxygens (including phenoxy) is 4. The van der Waals surface area contributed by atoms with Gasteiger partial charge in [0.05, 0.1) is 34.3 Å². The normalized spacial score (nSPS) is 12.4. The summed E-state index contributed by atoms with van der Waals surface area (Å²) >= 11 is 25.1. The number of aryl methyl sites for hydroxylation is 3. The first-order valence-corrected chi connectivity index (χ1v) is 13.7. The molecule has 11 heteroatoms. The van der Waals surface area contributed by atoms with Crippen LogP contribution in [0.15, 0.2) is 36.4 Å². The Labute approximate surface area is 253 Å². The second-order valence-corrected chi connectivity index (χ2v) is 10.6. The van der Waals surface area contributed by atoms with Gasteiger partial charge in [0, 0.05) is 5.69 Å². The standard InChI is InChI=1S/C29H29Cl4NO6/c1-14-12-16(3)23(13-15(14)2)34(17(4)39-28(35)24-19(30)8-10-21(32)26(24)37-6)18(5)40-29(36)25-20(31)9-11-22(33)27(25)38-7/h8-13,17-18H,1-7H3. The zero-order chi connectivity index (χ0) is 29.9. The molecule has 0 N–H and O–H groups in total. The third-order valence-electron chi connectivity index (χ3n) is 6.36. The molecule has 0 fully saturated rings. The molecule has 3 aromatic carbocycles. The fourth-order valence-corrected chi connectivity index (χ4v) is 5.22. The number of rotatable bonds is 9. The summed E-state index contributed by atoms with van der Waals surface area (Å²) in [6, 6.07) is 9.92. The molecular formula is C29H29Cl4NO6. The van der Waals surface area contributed by atoms with Crippen LogP contribution in [0.2, 0.25) is 20.1 Å². The van der Waals surface area contributed by atoms with Gasteiger partial charge in [-0.25, -0.2) is 9.59 Å². The Hall–Kier alpha value is -2.84.